The van der Waals surface area contributed by atoms with Crippen molar-refractivity contribution >= 4 is 0 Å². The highest BCUT2D eigenvalue weighted by Crippen LogP contribution is 2.07. The topological polar surface area (TPSA) is 12.0 Å². The first-order valence-corrected chi connectivity index (χ1v) is 5.78. The number of hydrogen-bond donors (Lipinski definition) is 1. The highest BCUT2D eigenvalue weighted by molar-refractivity contribution is 5.15. The zero-order chi connectivity index (χ0) is 10.9. The SMILES string of the molecule is CCNCCCCCc1ccc(F)cc1. The summed E-state index contributed by atoms with van der Waals surface area (Å²) in [7, 11) is 0. The third-order valence-corrected chi connectivity index (χ3v) is 2.48. The van der Waals surface area contributed by atoms with E-state index in [0.717, 1.165) is 19.5 Å². The molecule has 1 aromatic rings. The van der Waals surface area contributed by atoms with Crippen LogP contribution in [0.3, 0.4) is 0 Å². The third-order valence-electron chi connectivity index (χ3n) is 2.48. The van der Waals surface area contributed by atoms with E-state index in [1.165, 1.54) is 37.0 Å². The van der Waals surface area contributed by atoms with Gasteiger partial charge in [-0.3, -0.25) is 0 Å². The fourth-order valence-corrected chi connectivity index (χ4v) is 1.58. The minimum atomic E-state index is -0.147. The number of rotatable bonds is 7. The molecule has 0 fully saturated rings. The third kappa shape index (κ3) is 5.53. The van der Waals surface area contributed by atoms with Gasteiger partial charge in [-0.15, -0.1) is 0 Å². The number of benzene rings is 1. The maximum Gasteiger partial charge on any atom is 0.123 e. The van der Waals surface area contributed by atoms with E-state index in [-0.39, 0.29) is 5.82 Å². The molecule has 1 nitrogen and oxygen atoms in total. The molecule has 0 amide bonds. The summed E-state index contributed by atoms with van der Waals surface area (Å²) < 4.78 is 12.6. The first-order valence-electron chi connectivity index (χ1n) is 5.78. The van der Waals surface area contributed by atoms with Crippen molar-refractivity contribution in [2.24, 2.45) is 0 Å². The molecule has 0 radical (unpaired) electrons. The van der Waals surface area contributed by atoms with Crippen molar-refractivity contribution in [3.63, 3.8) is 0 Å². The summed E-state index contributed by atoms with van der Waals surface area (Å²) in [5.74, 6) is -0.147. The summed E-state index contributed by atoms with van der Waals surface area (Å²) in [4.78, 5) is 0. The van der Waals surface area contributed by atoms with Crippen molar-refractivity contribution in [3.8, 4) is 0 Å². The summed E-state index contributed by atoms with van der Waals surface area (Å²) in [5.41, 5.74) is 1.24. The van der Waals surface area contributed by atoms with Crippen LogP contribution in [-0.2, 0) is 6.42 Å². The fourth-order valence-electron chi connectivity index (χ4n) is 1.58. The van der Waals surface area contributed by atoms with Crippen molar-refractivity contribution in [2.75, 3.05) is 13.1 Å². The van der Waals surface area contributed by atoms with Crippen LogP contribution < -0.4 is 5.32 Å². The summed E-state index contributed by atoms with van der Waals surface area (Å²) >= 11 is 0. The molecule has 0 aliphatic carbocycles. The van der Waals surface area contributed by atoms with Gasteiger partial charge in [0.05, 0.1) is 0 Å². The van der Waals surface area contributed by atoms with Gasteiger partial charge in [-0.2, -0.15) is 0 Å². The van der Waals surface area contributed by atoms with Gasteiger partial charge in [0.1, 0.15) is 5.82 Å². The van der Waals surface area contributed by atoms with Crippen LogP contribution in [0.25, 0.3) is 0 Å². The Morgan fingerprint density at radius 3 is 2.47 bits per heavy atom. The first-order chi connectivity index (χ1) is 7.33. The lowest BCUT2D eigenvalue weighted by Crippen LogP contribution is -2.13. The van der Waals surface area contributed by atoms with E-state index in [1.54, 1.807) is 0 Å². The molecule has 0 saturated carbocycles. The van der Waals surface area contributed by atoms with Crippen LogP contribution >= 0.6 is 0 Å². The lowest BCUT2D eigenvalue weighted by molar-refractivity contribution is 0.613. The summed E-state index contributed by atoms with van der Waals surface area (Å²) in [5, 5.41) is 3.30. The van der Waals surface area contributed by atoms with Crippen molar-refractivity contribution in [3.05, 3.63) is 35.6 Å². The molecule has 0 atom stereocenters. The molecule has 0 bridgehead atoms. The monoisotopic (exact) mass is 209 g/mol. The average Bonchev–Trinajstić information content (AvgIpc) is 2.26. The Morgan fingerprint density at radius 1 is 1.07 bits per heavy atom. The fraction of sp³-hybridized carbons (Fsp3) is 0.538. The molecule has 1 rings (SSSR count). The molecule has 0 spiro atoms. The molecular weight excluding hydrogens is 189 g/mol. The molecule has 1 aromatic carbocycles. The molecule has 15 heavy (non-hydrogen) atoms. The second-order valence-corrected chi connectivity index (χ2v) is 3.79. The number of nitrogens with one attached hydrogen (secondary N) is 1. The van der Waals surface area contributed by atoms with Gasteiger partial charge in [0.15, 0.2) is 0 Å². The Morgan fingerprint density at radius 2 is 1.80 bits per heavy atom. The minimum Gasteiger partial charge on any atom is -0.317 e. The molecule has 0 aromatic heterocycles. The summed E-state index contributed by atoms with van der Waals surface area (Å²) in [6.07, 6.45) is 4.73. The molecule has 0 saturated heterocycles. The van der Waals surface area contributed by atoms with Crippen LogP contribution in [0.15, 0.2) is 24.3 Å². The second-order valence-electron chi connectivity index (χ2n) is 3.79. The Balaban J connectivity index is 2.07. The molecule has 0 unspecified atom stereocenters. The van der Waals surface area contributed by atoms with E-state index in [4.69, 9.17) is 0 Å². The van der Waals surface area contributed by atoms with E-state index < -0.39 is 0 Å². The standard InChI is InChI=1S/C13H20FN/c1-2-15-11-5-3-4-6-12-7-9-13(14)10-8-12/h7-10,15H,2-6,11H2,1H3. The molecule has 0 aliphatic heterocycles. The molecule has 1 N–H and O–H groups in total. The van der Waals surface area contributed by atoms with Crippen LogP contribution in [-0.4, -0.2) is 13.1 Å². The Kier molecular flexibility index (Phi) is 6.02. The Hall–Kier alpha value is -0.890. The van der Waals surface area contributed by atoms with Gasteiger partial charge in [-0.05, 0) is 50.0 Å². The Labute approximate surface area is 91.7 Å². The van der Waals surface area contributed by atoms with Gasteiger partial charge >= 0.3 is 0 Å². The van der Waals surface area contributed by atoms with E-state index >= 15 is 0 Å². The molecule has 0 aliphatic rings. The van der Waals surface area contributed by atoms with Crippen LogP contribution in [0.4, 0.5) is 4.39 Å². The average molecular weight is 209 g/mol. The van der Waals surface area contributed by atoms with Gasteiger partial charge in [0.25, 0.3) is 0 Å². The molecule has 2 heteroatoms. The maximum absolute atomic E-state index is 12.6. The van der Waals surface area contributed by atoms with Crippen LogP contribution in [0.5, 0.6) is 0 Å². The van der Waals surface area contributed by atoms with E-state index in [2.05, 4.69) is 12.2 Å². The lowest BCUT2D eigenvalue weighted by Gasteiger charge is -2.02. The highest BCUT2D eigenvalue weighted by Gasteiger charge is 1.94. The van der Waals surface area contributed by atoms with Crippen molar-refractivity contribution < 1.29 is 4.39 Å². The van der Waals surface area contributed by atoms with Crippen molar-refractivity contribution in [1.82, 2.24) is 5.32 Å². The zero-order valence-corrected chi connectivity index (χ0v) is 9.43. The lowest BCUT2D eigenvalue weighted by atomic mass is 10.1. The molecule has 84 valence electrons. The Bertz CT molecular complexity index is 256. The second kappa shape index (κ2) is 7.41. The van der Waals surface area contributed by atoms with Crippen LogP contribution in [0, 0.1) is 5.82 Å². The first kappa shape index (κ1) is 12.2. The van der Waals surface area contributed by atoms with E-state index in [9.17, 15) is 4.39 Å². The predicted molar refractivity (Wildman–Crippen MR) is 62.5 cm³/mol. The highest BCUT2D eigenvalue weighted by atomic mass is 19.1. The van der Waals surface area contributed by atoms with E-state index in [0.29, 0.717) is 0 Å². The number of unbranched alkanes of at least 4 members (excludes halogenated alkanes) is 2. The normalized spacial score (nSPS) is 10.5. The molecular formula is C13H20FN. The largest absolute Gasteiger partial charge is 0.317 e. The van der Waals surface area contributed by atoms with Crippen molar-refractivity contribution in [1.29, 1.82) is 0 Å². The zero-order valence-electron chi connectivity index (χ0n) is 9.43. The number of hydrogen-bond acceptors (Lipinski definition) is 1. The van der Waals surface area contributed by atoms with Gasteiger partial charge in [-0.1, -0.05) is 25.5 Å². The minimum absolute atomic E-state index is 0.147. The van der Waals surface area contributed by atoms with Gasteiger partial charge < -0.3 is 5.32 Å². The molecule has 0 heterocycles. The number of halogens is 1. The maximum atomic E-state index is 12.6. The quantitative estimate of drug-likeness (QED) is 0.680. The van der Waals surface area contributed by atoms with Crippen LogP contribution in [0.1, 0.15) is 31.7 Å². The predicted octanol–water partition coefficient (Wildman–Crippen LogP) is 3.15. The smallest absolute Gasteiger partial charge is 0.123 e. The van der Waals surface area contributed by atoms with Crippen LogP contribution in [0.2, 0.25) is 0 Å². The van der Waals surface area contributed by atoms with Gasteiger partial charge in [0.2, 0.25) is 0 Å². The van der Waals surface area contributed by atoms with Crippen molar-refractivity contribution in [2.45, 2.75) is 32.6 Å². The van der Waals surface area contributed by atoms with Gasteiger partial charge in [0, 0.05) is 0 Å². The number of aryl methyl sites for hydroxylation is 1. The van der Waals surface area contributed by atoms with E-state index in [1.807, 2.05) is 12.1 Å². The summed E-state index contributed by atoms with van der Waals surface area (Å²) in [6, 6.07) is 6.82. The van der Waals surface area contributed by atoms with Gasteiger partial charge in [-0.25, -0.2) is 4.39 Å². The summed E-state index contributed by atoms with van der Waals surface area (Å²) in [6.45, 7) is 4.29.